The van der Waals surface area contributed by atoms with Gasteiger partial charge in [-0.15, -0.1) is 11.8 Å². The number of carbonyl (C=O) groups is 1. The first kappa shape index (κ1) is 18.2. The van der Waals surface area contributed by atoms with Crippen LogP contribution in [0.2, 0.25) is 5.02 Å². The van der Waals surface area contributed by atoms with E-state index in [9.17, 15) is 9.18 Å². The minimum Gasteiger partial charge on any atom is -0.336 e. The van der Waals surface area contributed by atoms with Gasteiger partial charge in [-0.25, -0.2) is 4.39 Å². The molecule has 0 unspecified atom stereocenters. The Bertz CT molecular complexity index is 763. The van der Waals surface area contributed by atoms with Crippen molar-refractivity contribution in [2.24, 2.45) is 0 Å². The molecule has 132 valence electrons. The molecule has 0 aliphatic carbocycles. The van der Waals surface area contributed by atoms with Crippen LogP contribution in [0.25, 0.3) is 0 Å². The van der Waals surface area contributed by atoms with Gasteiger partial charge < -0.3 is 4.90 Å². The number of hydrogen-bond acceptors (Lipinski definition) is 3. The molecule has 0 radical (unpaired) electrons. The first-order chi connectivity index (χ1) is 12.1. The van der Waals surface area contributed by atoms with Crippen LogP contribution in [-0.2, 0) is 6.54 Å². The van der Waals surface area contributed by atoms with E-state index in [4.69, 9.17) is 11.6 Å². The molecule has 3 nitrogen and oxygen atoms in total. The molecule has 0 bridgehead atoms. The summed E-state index contributed by atoms with van der Waals surface area (Å²) in [5, 5.41) is 0.483. The average Bonchev–Trinajstić information content (AvgIpc) is 2.64. The minimum absolute atomic E-state index is 0.0357. The Labute approximate surface area is 156 Å². The van der Waals surface area contributed by atoms with Crippen LogP contribution in [-0.4, -0.2) is 48.1 Å². The van der Waals surface area contributed by atoms with E-state index >= 15 is 0 Å². The fraction of sp³-hybridized carbons (Fsp3) is 0.316. The lowest BCUT2D eigenvalue weighted by molar-refractivity contribution is 0.0627. The lowest BCUT2D eigenvalue weighted by Gasteiger charge is -2.35. The Hall–Kier alpha value is -1.56. The predicted octanol–water partition coefficient (Wildman–Crippen LogP) is 4.16. The number of piperazine rings is 1. The topological polar surface area (TPSA) is 23.6 Å². The van der Waals surface area contributed by atoms with Gasteiger partial charge in [-0.05, 0) is 30.5 Å². The normalized spacial score (nSPS) is 15.4. The number of carbonyl (C=O) groups excluding carboxylic acids is 1. The fourth-order valence-electron chi connectivity index (χ4n) is 2.94. The Balaban J connectivity index is 1.62. The van der Waals surface area contributed by atoms with Crippen molar-refractivity contribution in [1.29, 1.82) is 0 Å². The van der Waals surface area contributed by atoms with E-state index in [1.165, 1.54) is 6.07 Å². The number of thioether (sulfide) groups is 1. The Morgan fingerprint density at radius 3 is 2.56 bits per heavy atom. The Morgan fingerprint density at radius 1 is 1.16 bits per heavy atom. The molecule has 1 saturated heterocycles. The highest BCUT2D eigenvalue weighted by molar-refractivity contribution is 7.98. The Kier molecular flexibility index (Phi) is 5.99. The van der Waals surface area contributed by atoms with Gasteiger partial charge in [-0.3, -0.25) is 9.69 Å². The molecule has 0 saturated carbocycles. The molecule has 1 heterocycles. The molecule has 0 N–H and O–H groups in total. The summed E-state index contributed by atoms with van der Waals surface area (Å²) in [6.07, 6.45) is 1.97. The van der Waals surface area contributed by atoms with Crippen molar-refractivity contribution in [1.82, 2.24) is 9.80 Å². The number of amides is 1. The van der Waals surface area contributed by atoms with Crippen LogP contribution in [0.15, 0.2) is 47.4 Å². The van der Waals surface area contributed by atoms with E-state index in [1.807, 2.05) is 29.4 Å². The third kappa shape index (κ3) is 4.35. The molecule has 0 atom stereocenters. The molecular formula is C19H20ClFN2OS. The molecule has 1 amide bonds. The molecule has 0 aromatic heterocycles. The summed E-state index contributed by atoms with van der Waals surface area (Å²) in [4.78, 5) is 17.8. The summed E-state index contributed by atoms with van der Waals surface area (Å²) in [6.45, 7) is 3.25. The van der Waals surface area contributed by atoms with Crippen molar-refractivity contribution in [3.05, 3.63) is 64.4 Å². The second kappa shape index (κ2) is 8.21. The first-order valence-electron chi connectivity index (χ1n) is 8.17. The second-order valence-electron chi connectivity index (χ2n) is 6.01. The van der Waals surface area contributed by atoms with Crippen LogP contribution >= 0.6 is 23.4 Å². The maximum atomic E-state index is 13.8. The zero-order valence-electron chi connectivity index (χ0n) is 14.0. The number of benzene rings is 2. The molecule has 1 fully saturated rings. The van der Waals surface area contributed by atoms with Crippen molar-refractivity contribution >= 4 is 29.3 Å². The number of rotatable bonds is 4. The van der Waals surface area contributed by atoms with E-state index < -0.39 is 0 Å². The quantitative estimate of drug-likeness (QED) is 0.746. The lowest BCUT2D eigenvalue weighted by Crippen LogP contribution is -2.48. The molecule has 25 heavy (non-hydrogen) atoms. The zero-order valence-corrected chi connectivity index (χ0v) is 15.6. The molecule has 1 aliphatic heterocycles. The summed E-state index contributed by atoms with van der Waals surface area (Å²) >= 11 is 7.80. The summed E-state index contributed by atoms with van der Waals surface area (Å²) in [5.74, 6) is -0.215. The van der Waals surface area contributed by atoms with Crippen LogP contribution in [0, 0.1) is 5.82 Å². The number of hydrogen-bond donors (Lipinski definition) is 0. The maximum absolute atomic E-state index is 13.8. The van der Waals surface area contributed by atoms with Gasteiger partial charge in [0.25, 0.3) is 5.91 Å². The van der Waals surface area contributed by atoms with Gasteiger partial charge in [0.2, 0.25) is 0 Å². The van der Waals surface area contributed by atoms with Gasteiger partial charge >= 0.3 is 0 Å². The summed E-state index contributed by atoms with van der Waals surface area (Å²) in [5.41, 5.74) is 1.24. The minimum atomic E-state index is -0.179. The van der Waals surface area contributed by atoms with E-state index in [0.717, 1.165) is 18.0 Å². The number of halogens is 2. The molecule has 3 rings (SSSR count). The van der Waals surface area contributed by atoms with E-state index in [0.29, 0.717) is 35.8 Å². The monoisotopic (exact) mass is 378 g/mol. The largest absolute Gasteiger partial charge is 0.336 e. The third-order valence-electron chi connectivity index (χ3n) is 4.42. The zero-order chi connectivity index (χ0) is 17.8. The van der Waals surface area contributed by atoms with Crippen molar-refractivity contribution in [2.75, 3.05) is 32.4 Å². The predicted molar refractivity (Wildman–Crippen MR) is 101 cm³/mol. The van der Waals surface area contributed by atoms with Gasteiger partial charge in [-0.1, -0.05) is 29.8 Å². The second-order valence-corrected chi connectivity index (χ2v) is 7.29. The molecule has 2 aromatic rings. The van der Waals surface area contributed by atoms with Gasteiger partial charge in [0.1, 0.15) is 5.82 Å². The summed E-state index contributed by atoms with van der Waals surface area (Å²) in [6, 6.07) is 12.4. The standard InChI is InChI=1S/C19H20ClFN2OS/c1-25-15-6-7-17(20)16(12-15)19(24)23-10-8-22(9-11-23)13-14-4-2-3-5-18(14)21/h2-7,12H,8-11,13H2,1H3. The van der Waals surface area contributed by atoms with Crippen LogP contribution in [0.1, 0.15) is 15.9 Å². The molecule has 6 heteroatoms. The maximum Gasteiger partial charge on any atom is 0.255 e. The van der Waals surface area contributed by atoms with Crippen molar-refractivity contribution < 1.29 is 9.18 Å². The third-order valence-corrected chi connectivity index (χ3v) is 5.47. The van der Waals surface area contributed by atoms with E-state index in [-0.39, 0.29) is 11.7 Å². The first-order valence-corrected chi connectivity index (χ1v) is 9.77. The van der Waals surface area contributed by atoms with Crippen LogP contribution < -0.4 is 0 Å². The molecular weight excluding hydrogens is 359 g/mol. The fourth-order valence-corrected chi connectivity index (χ4v) is 3.58. The highest BCUT2D eigenvalue weighted by Crippen LogP contribution is 2.25. The average molecular weight is 379 g/mol. The summed E-state index contributed by atoms with van der Waals surface area (Å²) in [7, 11) is 0. The van der Waals surface area contributed by atoms with E-state index in [1.54, 1.807) is 30.0 Å². The highest BCUT2D eigenvalue weighted by Gasteiger charge is 2.24. The van der Waals surface area contributed by atoms with Gasteiger partial charge in [-0.2, -0.15) is 0 Å². The van der Waals surface area contributed by atoms with Gasteiger partial charge in [0.05, 0.1) is 10.6 Å². The smallest absolute Gasteiger partial charge is 0.255 e. The Morgan fingerprint density at radius 2 is 1.88 bits per heavy atom. The van der Waals surface area contributed by atoms with E-state index in [2.05, 4.69) is 4.90 Å². The molecule has 0 spiro atoms. The van der Waals surface area contributed by atoms with Crippen LogP contribution in [0.5, 0.6) is 0 Å². The summed E-state index contributed by atoms with van der Waals surface area (Å²) < 4.78 is 13.8. The lowest BCUT2D eigenvalue weighted by atomic mass is 10.1. The van der Waals surface area contributed by atoms with Gasteiger partial charge in [0.15, 0.2) is 0 Å². The molecule has 1 aliphatic rings. The number of nitrogens with zero attached hydrogens (tertiary/aromatic N) is 2. The van der Waals surface area contributed by atoms with Crippen LogP contribution in [0.4, 0.5) is 4.39 Å². The highest BCUT2D eigenvalue weighted by atomic mass is 35.5. The van der Waals surface area contributed by atoms with Crippen molar-refractivity contribution in [3.8, 4) is 0 Å². The molecule has 2 aromatic carbocycles. The van der Waals surface area contributed by atoms with Crippen molar-refractivity contribution in [3.63, 3.8) is 0 Å². The van der Waals surface area contributed by atoms with Crippen molar-refractivity contribution in [2.45, 2.75) is 11.4 Å². The van der Waals surface area contributed by atoms with Crippen LogP contribution in [0.3, 0.4) is 0 Å². The SMILES string of the molecule is CSc1ccc(Cl)c(C(=O)N2CCN(Cc3ccccc3F)CC2)c1. The van der Waals surface area contributed by atoms with Gasteiger partial charge in [0, 0.05) is 43.2 Å².